The molecule has 1 heterocycles. The lowest BCUT2D eigenvalue weighted by Crippen LogP contribution is -2.09. The average Bonchev–Trinajstić information content (AvgIpc) is 2.58. The summed E-state index contributed by atoms with van der Waals surface area (Å²) in [6.45, 7) is 6.30. The maximum absolute atomic E-state index is 10.8. The molecule has 0 aliphatic heterocycles. The Bertz CT molecular complexity index is 552. The number of carbonyl (C=O) groups is 1. The number of aromatic carboxylic acids is 1. The Morgan fingerprint density at radius 1 is 1.38 bits per heavy atom. The highest BCUT2D eigenvalue weighted by Gasteiger charge is 2.19. The summed E-state index contributed by atoms with van der Waals surface area (Å²) in [5.74, 6) is -0.910. The van der Waals surface area contributed by atoms with E-state index in [1.54, 1.807) is 23.5 Å². The summed E-state index contributed by atoms with van der Waals surface area (Å²) < 4.78 is 1.04. The second kappa shape index (κ2) is 3.56. The van der Waals surface area contributed by atoms with Crippen LogP contribution in [0.3, 0.4) is 0 Å². The number of aromatic nitrogens is 1. The van der Waals surface area contributed by atoms with E-state index in [0.29, 0.717) is 5.56 Å². The van der Waals surface area contributed by atoms with Gasteiger partial charge in [0.05, 0.1) is 20.8 Å². The lowest BCUT2D eigenvalue weighted by atomic mass is 9.98. The van der Waals surface area contributed by atoms with E-state index in [9.17, 15) is 4.79 Å². The minimum absolute atomic E-state index is 0.00702. The Hall–Kier alpha value is -1.42. The topological polar surface area (TPSA) is 50.2 Å². The molecule has 0 aliphatic rings. The third-order valence-corrected chi connectivity index (χ3v) is 3.74. The normalized spacial score (nSPS) is 11.9. The molecule has 0 atom stereocenters. The fraction of sp³-hybridized carbons (Fsp3) is 0.333. The molecular formula is C12H13NO2S. The van der Waals surface area contributed by atoms with Gasteiger partial charge in [0.25, 0.3) is 0 Å². The first-order valence-corrected chi connectivity index (χ1v) is 5.84. The molecule has 16 heavy (non-hydrogen) atoms. The zero-order valence-corrected chi connectivity index (χ0v) is 10.3. The van der Waals surface area contributed by atoms with Gasteiger partial charge in [-0.15, -0.1) is 11.3 Å². The molecule has 0 aliphatic carbocycles. The number of rotatable bonds is 1. The Kier molecular flexibility index (Phi) is 2.46. The van der Waals surface area contributed by atoms with Gasteiger partial charge in [-0.25, -0.2) is 9.78 Å². The zero-order valence-electron chi connectivity index (χ0n) is 9.44. The maximum atomic E-state index is 10.8. The Morgan fingerprint density at radius 3 is 2.62 bits per heavy atom. The van der Waals surface area contributed by atoms with Crippen molar-refractivity contribution >= 4 is 27.5 Å². The van der Waals surface area contributed by atoms with Gasteiger partial charge in [-0.3, -0.25) is 0 Å². The molecule has 0 bridgehead atoms. The summed E-state index contributed by atoms with van der Waals surface area (Å²) in [5, 5.41) is 9.92. The first-order chi connectivity index (χ1) is 7.38. The van der Waals surface area contributed by atoms with Crippen molar-refractivity contribution in [2.45, 2.75) is 26.2 Å². The molecule has 1 aromatic heterocycles. The van der Waals surface area contributed by atoms with Gasteiger partial charge in [-0.1, -0.05) is 20.8 Å². The lowest BCUT2D eigenvalue weighted by molar-refractivity contribution is 0.0697. The Balaban J connectivity index is 2.59. The number of nitrogens with zero attached hydrogens (tertiary/aromatic N) is 1. The fourth-order valence-electron chi connectivity index (χ4n) is 1.38. The van der Waals surface area contributed by atoms with E-state index in [4.69, 9.17) is 5.11 Å². The van der Waals surface area contributed by atoms with Gasteiger partial charge >= 0.3 is 5.97 Å². The van der Waals surface area contributed by atoms with Crippen molar-refractivity contribution in [1.29, 1.82) is 0 Å². The van der Waals surface area contributed by atoms with E-state index in [1.807, 2.05) is 6.07 Å². The van der Waals surface area contributed by atoms with Gasteiger partial charge in [0, 0.05) is 5.41 Å². The maximum Gasteiger partial charge on any atom is 0.335 e. The third-order valence-electron chi connectivity index (χ3n) is 2.28. The predicted octanol–water partition coefficient (Wildman–Crippen LogP) is 3.29. The third kappa shape index (κ3) is 1.93. The summed E-state index contributed by atoms with van der Waals surface area (Å²) in [7, 11) is 0. The molecule has 0 saturated heterocycles. The van der Waals surface area contributed by atoms with Crippen LogP contribution in [-0.4, -0.2) is 16.1 Å². The number of fused-ring (bicyclic) bond motifs is 1. The SMILES string of the molecule is CC(C)(C)c1nc2cc(C(=O)O)ccc2s1. The highest BCUT2D eigenvalue weighted by atomic mass is 32.1. The van der Waals surface area contributed by atoms with Gasteiger partial charge in [-0.2, -0.15) is 0 Å². The van der Waals surface area contributed by atoms with Crippen LogP contribution in [-0.2, 0) is 5.41 Å². The number of hydrogen-bond acceptors (Lipinski definition) is 3. The van der Waals surface area contributed by atoms with Crippen molar-refractivity contribution in [2.24, 2.45) is 0 Å². The molecule has 0 radical (unpaired) electrons. The summed E-state index contributed by atoms with van der Waals surface area (Å²) in [6, 6.07) is 5.07. The van der Waals surface area contributed by atoms with Gasteiger partial charge < -0.3 is 5.11 Å². The standard InChI is InChI=1S/C12H13NO2S/c1-12(2,3)11-13-8-6-7(10(14)15)4-5-9(8)16-11/h4-6H,1-3H3,(H,14,15). The number of thiazole rings is 1. The van der Waals surface area contributed by atoms with E-state index in [0.717, 1.165) is 15.2 Å². The highest BCUT2D eigenvalue weighted by molar-refractivity contribution is 7.18. The lowest BCUT2D eigenvalue weighted by Gasteiger charge is -2.13. The smallest absolute Gasteiger partial charge is 0.335 e. The van der Waals surface area contributed by atoms with E-state index in [-0.39, 0.29) is 5.41 Å². The van der Waals surface area contributed by atoms with Crippen LogP contribution in [0.2, 0.25) is 0 Å². The predicted molar refractivity (Wildman–Crippen MR) is 65.3 cm³/mol. The van der Waals surface area contributed by atoms with Crippen LogP contribution in [0.15, 0.2) is 18.2 Å². The number of hydrogen-bond donors (Lipinski definition) is 1. The fourth-order valence-corrected chi connectivity index (χ4v) is 2.38. The highest BCUT2D eigenvalue weighted by Crippen LogP contribution is 2.31. The molecule has 0 saturated carbocycles. The number of carboxylic acids is 1. The van der Waals surface area contributed by atoms with Crippen LogP contribution in [0.25, 0.3) is 10.2 Å². The molecule has 2 aromatic rings. The van der Waals surface area contributed by atoms with Crippen LogP contribution < -0.4 is 0 Å². The van der Waals surface area contributed by atoms with Crippen molar-refractivity contribution in [2.75, 3.05) is 0 Å². The van der Waals surface area contributed by atoms with Crippen LogP contribution >= 0.6 is 11.3 Å². The second-order valence-corrected chi connectivity index (χ2v) is 5.79. The molecule has 84 valence electrons. The van der Waals surface area contributed by atoms with Crippen molar-refractivity contribution < 1.29 is 9.90 Å². The summed E-state index contributed by atoms with van der Waals surface area (Å²) in [5.41, 5.74) is 1.07. The monoisotopic (exact) mass is 235 g/mol. The average molecular weight is 235 g/mol. The van der Waals surface area contributed by atoms with Crippen molar-refractivity contribution in [3.05, 3.63) is 28.8 Å². The van der Waals surface area contributed by atoms with Gasteiger partial charge in [0.15, 0.2) is 0 Å². The van der Waals surface area contributed by atoms with Crippen LogP contribution in [0.5, 0.6) is 0 Å². The molecular weight excluding hydrogens is 222 g/mol. The van der Waals surface area contributed by atoms with E-state index in [1.165, 1.54) is 0 Å². The van der Waals surface area contributed by atoms with Crippen LogP contribution in [0.1, 0.15) is 36.1 Å². The largest absolute Gasteiger partial charge is 0.478 e. The minimum Gasteiger partial charge on any atom is -0.478 e. The van der Waals surface area contributed by atoms with Crippen LogP contribution in [0.4, 0.5) is 0 Å². The molecule has 4 heteroatoms. The van der Waals surface area contributed by atoms with Gasteiger partial charge in [-0.05, 0) is 18.2 Å². The van der Waals surface area contributed by atoms with Crippen LogP contribution in [0, 0.1) is 0 Å². The Labute approximate surface area is 97.8 Å². The summed E-state index contributed by atoms with van der Waals surface area (Å²) in [4.78, 5) is 15.3. The minimum atomic E-state index is -0.910. The first kappa shape index (κ1) is 11.1. The quantitative estimate of drug-likeness (QED) is 0.825. The molecule has 2 rings (SSSR count). The number of benzene rings is 1. The van der Waals surface area contributed by atoms with Crippen molar-refractivity contribution in [3.63, 3.8) is 0 Å². The van der Waals surface area contributed by atoms with Crippen molar-refractivity contribution in [3.8, 4) is 0 Å². The number of carboxylic acid groups (broad SMARTS) is 1. The Morgan fingerprint density at radius 2 is 2.06 bits per heavy atom. The zero-order chi connectivity index (χ0) is 11.9. The molecule has 0 spiro atoms. The molecule has 0 fully saturated rings. The van der Waals surface area contributed by atoms with E-state index >= 15 is 0 Å². The summed E-state index contributed by atoms with van der Waals surface area (Å²) >= 11 is 1.62. The van der Waals surface area contributed by atoms with E-state index < -0.39 is 5.97 Å². The molecule has 1 aromatic carbocycles. The van der Waals surface area contributed by atoms with Gasteiger partial charge in [0.1, 0.15) is 0 Å². The molecule has 0 unspecified atom stereocenters. The van der Waals surface area contributed by atoms with Gasteiger partial charge in [0.2, 0.25) is 0 Å². The molecule has 1 N–H and O–H groups in total. The second-order valence-electron chi connectivity index (χ2n) is 4.76. The van der Waals surface area contributed by atoms with Crippen molar-refractivity contribution in [1.82, 2.24) is 4.98 Å². The first-order valence-electron chi connectivity index (χ1n) is 5.02. The molecule has 0 amide bonds. The summed E-state index contributed by atoms with van der Waals surface area (Å²) in [6.07, 6.45) is 0. The van der Waals surface area contributed by atoms with E-state index in [2.05, 4.69) is 25.8 Å². The molecule has 3 nitrogen and oxygen atoms in total.